The van der Waals surface area contributed by atoms with Crippen molar-refractivity contribution in [3.05, 3.63) is 34.7 Å². The summed E-state index contributed by atoms with van der Waals surface area (Å²) in [7, 11) is 0. The van der Waals surface area contributed by atoms with Crippen LogP contribution in [0.1, 0.15) is 45.1 Å². The number of nitrogens with two attached hydrogens (primary N) is 1. The minimum absolute atomic E-state index is 0.109. The maximum atomic E-state index is 12.0. The lowest BCUT2D eigenvalue weighted by Crippen LogP contribution is -2.36. The molecule has 0 spiro atoms. The molecule has 1 fully saturated rings. The molecule has 1 aromatic heterocycles. The molecule has 3 nitrogen and oxygen atoms in total. The van der Waals surface area contributed by atoms with E-state index in [2.05, 4.69) is 6.92 Å². The molecule has 0 aliphatic heterocycles. The van der Waals surface area contributed by atoms with Gasteiger partial charge in [0.25, 0.3) is 5.56 Å². The van der Waals surface area contributed by atoms with Crippen molar-refractivity contribution in [2.24, 2.45) is 17.6 Å². The van der Waals surface area contributed by atoms with Gasteiger partial charge in [-0.3, -0.25) is 4.79 Å². The predicted octanol–water partition coefficient (Wildman–Crippen LogP) is 2.56. The van der Waals surface area contributed by atoms with Crippen LogP contribution in [0.3, 0.4) is 0 Å². The fourth-order valence-electron chi connectivity index (χ4n) is 3.29. The average molecular weight is 248 g/mol. The molecule has 100 valence electrons. The Balaban J connectivity index is 2.21. The Hall–Kier alpha value is -1.09. The fraction of sp³-hybridized carbons (Fsp3) is 0.667. The van der Waals surface area contributed by atoms with E-state index in [0.717, 1.165) is 18.8 Å². The Morgan fingerprint density at radius 3 is 2.89 bits per heavy atom. The highest BCUT2D eigenvalue weighted by molar-refractivity contribution is 4.97. The van der Waals surface area contributed by atoms with Crippen LogP contribution in [0.4, 0.5) is 0 Å². The number of nitrogens with zero attached hydrogens (tertiary/aromatic N) is 1. The summed E-state index contributed by atoms with van der Waals surface area (Å²) in [6, 6.07) is 5.70. The molecule has 0 amide bonds. The topological polar surface area (TPSA) is 48.0 Å². The zero-order valence-electron chi connectivity index (χ0n) is 11.2. The lowest BCUT2D eigenvalue weighted by Gasteiger charge is -2.36. The molecule has 0 aromatic carbocycles. The highest BCUT2D eigenvalue weighted by Crippen LogP contribution is 2.37. The van der Waals surface area contributed by atoms with Crippen LogP contribution in [0, 0.1) is 11.8 Å². The maximum absolute atomic E-state index is 12.0. The van der Waals surface area contributed by atoms with Gasteiger partial charge in [0.05, 0.1) is 0 Å². The van der Waals surface area contributed by atoms with E-state index in [1.165, 1.54) is 19.3 Å². The third kappa shape index (κ3) is 2.83. The maximum Gasteiger partial charge on any atom is 0.250 e. The van der Waals surface area contributed by atoms with E-state index in [0.29, 0.717) is 18.5 Å². The Morgan fingerprint density at radius 2 is 2.22 bits per heavy atom. The van der Waals surface area contributed by atoms with Gasteiger partial charge in [0, 0.05) is 18.3 Å². The Bertz CT molecular complexity index is 427. The van der Waals surface area contributed by atoms with Crippen LogP contribution in [0.2, 0.25) is 0 Å². The van der Waals surface area contributed by atoms with Crippen LogP contribution in [0.25, 0.3) is 0 Å². The molecule has 1 aromatic rings. The largest absolute Gasteiger partial charge is 0.330 e. The molecule has 3 unspecified atom stereocenters. The SMILES string of the molecule is CCCC1CCC(CN)C(n2ccccc2=O)C1. The molecule has 1 heterocycles. The number of hydrogen-bond acceptors (Lipinski definition) is 2. The third-order valence-corrected chi connectivity index (χ3v) is 4.27. The first-order valence-corrected chi connectivity index (χ1v) is 7.13. The molecule has 0 bridgehead atoms. The van der Waals surface area contributed by atoms with Gasteiger partial charge in [-0.2, -0.15) is 0 Å². The van der Waals surface area contributed by atoms with E-state index in [9.17, 15) is 4.79 Å². The zero-order valence-corrected chi connectivity index (χ0v) is 11.2. The molecular formula is C15H24N2O. The van der Waals surface area contributed by atoms with Crippen molar-refractivity contribution in [2.45, 2.75) is 45.1 Å². The van der Waals surface area contributed by atoms with Crippen LogP contribution in [0.15, 0.2) is 29.2 Å². The van der Waals surface area contributed by atoms with Gasteiger partial charge in [-0.05, 0) is 43.7 Å². The summed E-state index contributed by atoms with van der Waals surface area (Å²) in [5, 5.41) is 0. The zero-order chi connectivity index (χ0) is 13.0. The third-order valence-electron chi connectivity index (χ3n) is 4.27. The molecule has 3 heteroatoms. The highest BCUT2D eigenvalue weighted by atomic mass is 16.1. The summed E-state index contributed by atoms with van der Waals surface area (Å²) in [6.45, 7) is 2.92. The highest BCUT2D eigenvalue weighted by Gasteiger charge is 2.30. The van der Waals surface area contributed by atoms with E-state index in [1.807, 2.05) is 22.9 Å². The van der Waals surface area contributed by atoms with Crippen LogP contribution in [0.5, 0.6) is 0 Å². The van der Waals surface area contributed by atoms with Crippen LogP contribution >= 0.6 is 0 Å². The van der Waals surface area contributed by atoms with Crippen molar-refractivity contribution in [1.29, 1.82) is 0 Å². The molecular weight excluding hydrogens is 224 g/mol. The van der Waals surface area contributed by atoms with Crippen molar-refractivity contribution in [3.8, 4) is 0 Å². The standard InChI is InChI=1S/C15H24N2O/c1-2-5-12-7-8-13(11-16)14(10-12)17-9-4-3-6-15(17)18/h3-4,6,9,12-14H,2,5,7-8,10-11,16H2,1H3. The summed E-state index contributed by atoms with van der Waals surface area (Å²) in [4.78, 5) is 12.0. The normalized spacial score (nSPS) is 28.2. The Morgan fingerprint density at radius 1 is 1.39 bits per heavy atom. The molecule has 1 saturated carbocycles. The average Bonchev–Trinajstić information content (AvgIpc) is 2.40. The number of rotatable bonds is 4. The number of hydrogen-bond donors (Lipinski definition) is 1. The van der Waals surface area contributed by atoms with Crippen molar-refractivity contribution < 1.29 is 0 Å². The van der Waals surface area contributed by atoms with E-state index in [1.54, 1.807) is 6.07 Å². The van der Waals surface area contributed by atoms with Gasteiger partial charge in [0.15, 0.2) is 0 Å². The lowest BCUT2D eigenvalue weighted by molar-refractivity contribution is 0.177. The second-order valence-electron chi connectivity index (χ2n) is 5.48. The smallest absolute Gasteiger partial charge is 0.250 e. The fourth-order valence-corrected chi connectivity index (χ4v) is 3.29. The number of pyridine rings is 1. The van der Waals surface area contributed by atoms with Gasteiger partial charge in [-0.15, -0.1) is 0 Å². The summed E-state index contributed by atoms with van der Waals surface area (Å²) in [6.07, 6.45) is 7.97. The Labute approximate surface area is 109 Å². The monoisotopic (exact) mass is 248 g/mol. The first-order valence-electron chi connectivity index (χ1n) is 7.13. The molecule has 3 atom stereocenters. The van der Waals surface area contributed by atoms with E-state index < -0.39 is 0 Å². The summed E-state index contributed by atoms with van der Waals surface area (Å²) in [5.74, 6) is 1.22. The van der Waals surface area contributed by atoms with Gasteiger partial charge >= 0.3 is 0 Å². The second-order valence-corrected chi connectivity index (χ2v) is 5.48. The van der Waals surface area contributed by atoms with Gasteiger partial charge < -0.3 is 10.3 Å². The minimum atomic E-state index is 0.109. The molecule has 1 aliphatic carbocycles. The van der Waals surface area contributed by atoms with E-state index in [4.69, 9.17) is 5.73 Å². The Kier molecular flexibility index (Phi) is 4.59. The van der Waals surface area contributed by atoms with Crippen LogP contribution in [-0.2, 0) is 0 Å². The minimum Gasteiger partial charge on any atom is -0.330 e. The summed E-state index contributed by atoms with van der Waals surface area (Å²) < 4.78 is 1.90. The van der Waals surface area contributed by atoms with Gasteiger partial charge in [0.1, 0.15) is 0 Å². The molecule has 2 N–H and O–H groups in total. The first kappa shape index (κ1) is 13.3. The lowest BCUT2D eigenvalue weighted by atomic mass is 9.76. The van der Waals surface area contributed by atoms with Crippen LogP contribution < -0.4 is 11.3 Å². The molecule has 18 heavy (non-hydrogen) atoms. The predicted molar refractivity (Wildman–Crippen MR) is 74.5 cm³/mol. The van der Waals surface area contributed by atoms with Crippen molar-refractivity contribution in [2.75, 3.05) is 6.54 Å². The van der Waals surface area contributed by atoms with E-state index >= 15 is 0 Å². The van der Waals surface area contributed by atoms with Crippen molar-refractivity contribution in [1.82, 2.24) is 4.57 Å². The summed E-state index contributed by atoms with van der Waals surface area (Å²) in [5.41, 5.74) is 5.99. The summed E-state index contributed by atoms with van der Waals surface area (Å²) >= 11 is 0. The quantitative estimate of drug-likeness (QED) is 0.890. The van der Waals surface area contributed by atoms with Gasteiger partial charge in [-0.1, -0.05) is 25.8 Å². The molecule has 2 rings (SSSR count). The first-order chi connectivity index (χ1) is 8.76. The molecule has 0 radical (unpaired) electrons. The molecule has 1 aliphatic rings. The second kappa shape index (κ2) is 6.19. The molecule has 0 saturated heterocycles. The van der Waals surface area contributed by atoms with Crippen molar-refractivity contribution >= 4 is 0 Å². The van der Waals surface area contributed by atoms with Gasteiger partial charge in [0.2, 0.25) is 0 Å². The number of aromatic nitrogens is 1. The van der Waals surface area contributed by atoms with E-state index in [-0.39, 0.29) is 5.56 Å². The van der Waals surface area contributed by atoms with Crippen LogP contribution in [-0.4, -0.2) is 11.1 Å². The van der Waals surface area contributed by atoms with Gasteiger partial charge in [-0.25, -0.2) is 0 Å². The van der Waals surface area contributed by atoms with Crippen molar-refractivity contribution in [3.63, 3.8) is 0 Å².